The summed E-state index contributed by atoms with van der Waals surface area (Å²) in [6.45, 7) is 5.05. The van der Waals surface area contributed by atoms with Crippen LogP contribution < -0.4 is 5.73 Å². The van der Waals surface area contributed by atoms with Gasteiger partial charge in [0, 0.05) is 13.6 Å². The molecule has 0 bridgehead atoms. The van der Waals surface area contributed by atoms with Gasteiger partial charge in [-0.3, -0.25) is 4.79 Å². The highest BCUT2D eigenvalue weighted by Crippen LogP contribution is 2.07. The molecule has 0 heterocycles. The van der Waals surface area contributed by atoms with E-state index in [1.54, 1.807) is 4.90 Å². The van der Waals surface area contributed by atoms with E-state index in [0.29, 0.717) is 12.3 Å². The minimum atomic E-state index is -0.443. The molecule has 108 valence electrons. The quantitative estimate of drug-likeness (QED) is 0.872. The third-order valence-corrected chi connectivity index (χ3v) is 3.27. The van der Waals surface area contributed by atoms with Crippen LogP contribution in [0, 0.1) is 5.92 Å². The second kappa shape index (κ2) is 8.94. The topological polar surface area (TPSA) is 46.3 Å². The minimum absolute atomic E-state index is 0. The molecule has 1 aromatic carbocycles. The first kappa shape index (κ1) is 17.9. The Morgan fingerprint density at radius 3 is 2.42 bits per heavy atom. The van der Waals surface area contributed by atoms with Crippen LogP contribution in [0.2, 0.25) is 0 Å². The summed E-state index contributed by atoms with van der Waals surface area (Å²) in [5.74, 6) is 0.544. The Morgan fingerprint density at radius 1 is 1.32 bits per heavy atom. The van der Waals surface area contributed by atoms with Crippen molar-refractivity contribution in [2.24, 2.45) is 11.7 Å². The standard InChI is InChI=1S/C15H24N2O.ClH/c1-4-12(2)11-17(3)15(18)14(16)10-13-8-6-5-7-9-13;/h5-9,12,14H,4,10-11,16H2,1-3H3;1H. The van der Waals surface area contributed by atoms with E-state index in [0.717, 1.165) is 18.5 Å². The average molecular weight is 285 g/mol. The van der Waals surface area contributed by atoms with Crippen LogP contribution in [0.5, 0.6) is 0 Å². The van der Waals surface area contributed by atoms with Crippen molar-refractivity contribution in [2.45, 2.75) is 32.7 Å². The third kappa shape index (κ3) is 6.08. The number of nitrogens with zero attached hydrogens (tertiary/aromatic N) is 1. The van der Waals surface area contributed by atoms with Crippen molar-refractivity contribution in [3.8, 4) is 0 Å². The third-order valence-electron chi connectivity index (χ3n) is 3.27. The molecule has 2 N–H and O–H groups in total. The predicted octanol–water partition coefficient (Wildman–Crippen LogP) is 2.48. The van der Waals surface area contributed by atoms with E-state index in [1.807, 2.05) is 37.4 Å². The molecule has 19 heavy (non-hydrogen) atoms. The Labute approximate surface area is 122 Å². The van der Waals surface area contributed by atoms with Crippen molar-refractivity contribution in [3.63, 3.8) is 0 Å². The van der Waals surface area contributed by atoms with Crippen molar-refractivity contribution in [1.82, 2.24) is 4.90 Å². The second-order valence-corrected chi connectivity index (χ2v) is 5.03. The van der Waals surface area contributed by atoms with Crippen LogP contribution in [0.15, 0.2) is 30.3 Å². The number of carbonyl (C=O) groups is 1. The first-order valence-electron chi connectivity index (χ1n) is 6.59. The van der Waals surface area contributed by atoms with Gasteiger partial charge in [-0.1, -0.05) is 50.6 Å². The minimum Gasteiger partial charge on any atom is -0.344 e. The number of hydrogen-bond donors (Lipinski definition) is 1. The molecule has 0 aliphatic heterocycles. The van der Waals surface area contributed by atoms with E-state index in [9.17, 15) is 4.79 Å². The largest absolute Gasteiger partial charge is 0.344 e. The number of likely N-dealkylation sites (N-methyl/N-ethyl adjacent to an activating group) is 1. The van der Waals surface area contributed by atoms with Crippen molar-refractivity contribution in [2.75, 3.05) is 13.6 Å². The Kier molecular flexibility index (Phi) is 8.44. The highest BCUT2D eigenvalue weighted by molar-refractivity contribution is 5.85. The zero-order chi connectivity index (χ0) is 13.5. The van der Waals surface area contributed by atoms with Crippen LogP contribution >= 0.6 is 12.4 Å². The van der Waals surface area contributed by atoms with Gasteiger partial charge in [0.05, 0.1) is 6.04 Å². The maximum atomic E-state index is 12.1. The van der Waals surface area contributed by atoms with Crippen molar-refractivity contribution in [1.29, 1.82) is 0 Å². The number of hydrogen-bond acceptors (Lipinski definition) is 2. The Bertz CT molecular complexity index is 370. The molecular weight excluding hydrogens is 260 g/mol. The average Bonchev–Trinajstić information content (AvgIpc) is 2.38. The predicted molar refractivity (Wildman–Crippen MR) is 82.5 cm³/mol. The molecule has 3 nitrogen and oxygen atoms in total. The van der Waals surface area contributed by atoms with Gasteiger partial charge in [0.1, 0.15) is 0 Å². The lowest BCUT2D eigenvalue weighted by atomic mass is 10.0. The van der Waals surface area contributed by atoms with Crippen LogP contribution in [-0.4, -0.2) is 30.4 Å². The summed E-state index contributed by atoms with van der Waals surface area (Å²) in [5.41, 5.74) is 7.08. The van der Waals surface area contributed by atoms with E-state index < -0.39 is 6.04 Å². The highest BCUT2D eigenvalue weighted by Gasteiger charge is 2.19. The maximum absolute atomic E-state index is 12.1. The van der Waals surface area contributed by atoms with E-state index in [-0.39, 0.29) is 18.3 Å². The first-order chi connectivity index (χ1) is 8.54. The van der Waals surface area contributed by atoms with E-state index in [4.69, 9.17) is 5.73 Å². The second-order valence-electron chi connectivity index (χ2n) is 5.03. The van der Waals surface area contributed by atoms with Crippen LogP contribution in [0.4, 0.5) is 0 Å². The van der Waals surface area contributed by atoms with Gasteiger partial charge >= 0.3 is 0 Å². The Hall–Kier alpha value is -1.06. The smallest absolute Gasteiger partial charge is 0.239 e. The summed E-state index contributed by atoms with van der Waals surface area (Å²) in [6, 6.07) is 9.46. The van der Waals surface area contributed by atoms with Crippen LogP contribution in [-0.2, 0) is 11.2 Å². The molecule has 0 saturated carbocycles. The lowest BCUT2D eigenvalue weighted by Crippen LogP contribution is -2.44. The van der Waals surface area contributed by atoms with Gasteiger partial charge in [-0.25, -0.2) is 0 Å². The van der Waals surface area contributed by atoms with E-state index >= 15 is 0 Å². The number of nitrogens with two attached hydrogens (primary N) is 1. The molecule has 1 amide bonds. The maximum Gasteiger partial charge on any atom is 0.239 e. The molecule has 1 rings (SSSR count). The van der Waals surface area contributed by atoms with Crippen LogP contribution in [0.1, 0.15) is 25.8 Å². The molecular formula is C15H25ClN2O. The Morgan fingerprint density at radius 2 is 1.89 bits per heavy atom. The molecule has 0 aliphatic carbocycles. The van der Waals surface area contributed by atoms with Gasteiger partial charge < -0.3 is 10.6 Å². The summed E-state index contributed by atoms with van der Waals surface area (Å²) < 4.78 is 0. The molecule has 4 heteroatoms. The van der Waals surface area contributed by atoms with Gasteiger partial charge in [-0.2, -0.15) is 0 Å². The number of amides is 1. The van der Waals surface area contributed by atoms with Crippen molar-refractivity contribution in [3.05, 3.63) is 35.9 Å². The van der Waals surface area contributed by atoms with Crippen LogP contribution in [0.3, 0.4) is 0 Å². The fourth-order valence-electron chi connectivity index (χ4n) is 1.92. The monoisotopic (exact) mass is 284 g/mol. The van der Waals surface area contributed by atoms with Crippen molar-refractivity contribution < 1.29 is 4.79 Å². The SMILES string of the molecule is CCC(C)CN(C)C(=O)C(N)Cc1ccccc1.Cl. The van der Waals surface area contributed by atoms with Crippen LogP contribution in [0.25, 0.3) is 0 Å². The molecule has 0 fully saturated rings. The molecule has 0 saturated heterocycles. The summed E-state index contributed by atoms with van der Waals surface area (Å²) in [5, 5.41) is 0. The van der Waals surface area contributed by atoms with Gasteiger partial charge in [0.15, 0.2) is 0 Å². The zero-order valence-corrected chi connectivity index (χ0v) is 12.8. The lowest BCUT2D eigenvalue weighted by molar-refractivity contribution is -0.131. The van der Waals surface area contributed by atoms with Gasteiger partial charge in [-0.05, 0) is 17.9 Å². The number of carbonyl (C=O) groups excluding carboxylic acids is 1. The number of halogens is 1. The molecule has 2 unspecified atom stereocenters. The molecule has 1 aromatic rings. The van der Waals surface area contributed by atoms with E-state index in [2.05, 4.69) is 13.8 Å². The zero-order valence-electron chi connectivity index (χ0n) is 12.0. The lowest BCUT2D eigenvalue weighted by Gasteiger charge is -2.24. The fourth-order valence-corrected chi connectivity index (χ4v) is 1.92. The molecule has 0 radical (unpaired) electrons. The molecule has 0 aliphatic rings. The Balaban J connectivity index is 0.00000324. The van der Waals surface area contributed by atoms with E-state index in [1.165, 1.54) is 0 Å². The summed E-state index contributed by atoms with van der Waals surface area (Å²) in [6.07, 6.45) is 1.68. The number of rotatable bonds is 6. The molecule has 0 spiro atoms. The summed E-state index contributed by atoms with van der Waals surface area (Å²) in [4.78, 5) is 13.9. The highest BCUT2D eigenvalue weighted by atomic mass is 35.5. The number of benzene rings is 1. The van der Waals surface area contributed by atoms with Gasteiger partial charge in [0.25, 0.3) is 0 Å². The van der Waals surface area contributed by atoms with Gasteiger partial charge in [-0.15, -0.1) is 12.4 Å². The first-order valence-corrected chi connectivity index (χ1v) is 6.59. The molecule has 2 atom stereocenters. The normalized spacial score (nSPS) is 13.3. The molecule has 0 aromatic heterocycles. The summed E-state index contributed by atoms with van der Waals surface area (Å²) >= 11 is 0. The van der Waals surface area contributed by atoms with Gasteiger partial charge in [0.2, 0.25) is 5.91 Å². The fraction of sp³-hybridized carbons (Fsp3) is 0.533. The van der Waals surface area contributed by atoms with Crippen molar-refractivity contribution >= 4 is 18.3 Å². The summed E-state index contributed by atoms with van der Waals surface area (Å²) in [7, 11) is 1.83.